The molecule has 0 fully saturated rings. The second kappa shape index (κ2) is 4.10. The van der Waals surface area contributed by atoms with Gasteiger partial charge in [-0.2, -0.15) is 5.26 Å². The van der Waals surface area contributed by atoms with E-state index >= 15 is 0 Å². The largest absolute Gasteiger partial charge is 0.459 e. The van der Waals surface area contributed by atoms with Crippen LogP contribution in [0.25, 0.3) is 11.3 Å². The van der Waals surface area contributed by atoms with Crippen LogP contribution in [0.15, 0.2) is 40.8 Å². The fraction of sp³-hybridized carbons (Fsp3) is 0.267. The van der Waals surface area contributed by atoms with Gasteiger partial charge in [-0.3, -0.25) is 0 Å². The summed E-state index contributed by atoms with van der Waals surface area (Å²) in [7, 11) is 0. The standard InChI is InChI=1S/C15H15NO/c1-11-4-6-12(7-5-11)13-8-9-14(17-13)15(2,3)10-16/h4-9H,1-3H3. The van der Waals surface area contributed by atoms with Gasteiger partial charge in [0.1, 0.15) is 16.9 Å². The fourth-order valence-corrected chi connectivity index (χ4v) is 1.60. The summed E-state index contributed by atoms with van der Waals surface area (Å²) in [5.41, 5.74) is 1.68. The fourth-order valence-electron chi connectivity index (χ4n) is 1.60. The number of hydrogen-bond donors (Lipinski definition) is 0. The Balaban J connectivity index is 2.37. The van der Waals surface area contributed by atoms with E-state index < -0.39 is 5.41 Å². The van der Waals surface area contributed by atoms with E-state index in [1.807, 2.05) is 50.2 Å². The van der Waals surface area contributed by atoms with E-state index in [1.165, 1.54) is 5.56 Å². The maximum absolute atomic E-state index is 9.05. The van der Waals surface area contributed by atoms with Crippen molar-refractivity contribution in [3.63, 3.8) is 0 Å². The number of rotatable bonds is 2. The Labute approximate surface area is 102 Å². The predicted octanol–water partition coefficient (Wildman–Crippen LogP) is 4.06. The quantitative estimate of drug-likeness (QED) is 0.772. The lowest BCUT2D eigenvalue weighted by molar-refractivity contribution is 0.453. The van der Waals surface area contributed by atoms with Gasteiger partial charge < -0.3 is 4.42 Å². The molecule has 0 atom stereocenters. The van der Waals surface area contributed by atoms with Gasteiger partial charge >= 0.3 is 0 Å². The van der Waals surface area contributed by atoms with Gasteiger partial charge in [0.15, 0.2) is 0 Å². The van der Waals surface area contributed by atoms with Gasteiger partial charge in [-0.25, -0.2) is 0 Å². The maximum atomic E-state index is 9.05. The number of nitrogens with zero attached hydrogens (tertiary/aromatic N) is 1. The molecule has 86 valence electrons. The number of nitriles is 1. The lowest BCUT2D eigenvalue weighted by Gasteiger charge is -2.10. The van der Waals surface area contributed by atoms with Crippen molar-refractivity contribution >= 4 is 0 Å². The van der Waals surface area contributed by atoms with E-state index in [0.717, 1.165) is 11.3 Å². The highest BCUT2D eigenvalue weighted by Crippen LogP contribution is 2.29. The topological polar surface area (TPSA) is 36.9 Å². The van der Waals surface area contributed by atoms with Crippen LogP contribution >= 0.6 is 0 Å². The number of furan rings is 1. The lowest BCUT2D eigenvalue weighted by Crippen LogP contribution is -2.12. The van der Waals surface area contributed by atoms with Crippen LogP contribution in [0.4, 0.5) is 0 Å². The lowest BCUT2D eigenvalue weighted by atomic mass is 9.93. The van der Waals surface area contributed by atoms with Crippen molar-refractivity contribution in [2.45, 2.75) is 26.2 Å². The van der Waals surface area contributed by atoms with Crippen molar-refractivity contribution in [2.24, 2.45) is 0 Å². The van der Waals surface area contributed by atoms with Crippen molar-refractivity contribution in [3.05, 3.63) is 47.7 Å². The highest BCUT2D eigenvalue weighted by molar-refractivity contribution is 5.58. The maximum Gasteiger partial charge on any atom is 0.134 e. The Morgan fingerprint density at radius 3 is 2.29 bits per heavy atom. The van der Waals surface area contributed by atoms with Crippen LogP contribution in [0, 0.1) is 18.3 Å². The van der Waals surface area contributed by atoms with Gasteiger partial charge in [0, 0.05) is 5.56 Å². The third-order valence-corrected chi connectivity index (χ3v) is 2.84. The van der Waals surface area contributed by atoms with E-state index in [9.17, 15) is 0 Å². The third-order valence-electron chi connectivity index (χ3n) is 2.84. The van der Waals surface area contributed by atoms with E-state index in [1.54, 1.807) is 0 Å². The minimum atomic E-state index is -0.580. The van der Waals surface area contributed by atoms with E-state index in [0.29, 0.717) is 5.76 Å². The van der Waals surface area contributed by atoms with Crippen LogP contribution in [0.3, 0.4) is 0 Å². The molecule has 0 saturated heterocycles. The molecular formula is C15H15NO. The van der Waals surface area contributed by atoms with Crippen LogP contribution in [-0.4, -0.2) is 0 Å². The van der Waals surface area contributed by atoms with Gasteiger partial charge in [-0.1, -0.05) is 29.8 Å². The Hall–Kier alpha value is -2.01. The van der Waals surface area contributed by atoms with Gasteiger partial charge in [-0.15, -0.1) is 0 Å². The molecule has 2 heteroatoms. The van der Waals surface area contributed by atoms with Crippen molar-refractivity contribution in [1.29, 1.82) is 5.26 Å². The summed E-state index contributed by atoms with van der Waals surface area (Å²) in [6.45, 7) is 5.76. The van der Waals surface area contributed by atoms with Crippen LogP contribution in [0.5, 0.6) is 0 Å². The first kappa shape index (κ1) is 11.5. The molecule has 0 amide bonds. The molecule has 1 aromatic heterocycles. The van der Waals surface area contributed by atoms with Gasteiger partial charge in [0.2, 0.25) is 0 Å². The van der Waals surface area contributed by atoms with E-state index in [2.05, 4.69) is 13.0 Å². The first-order valence-corrected chi connectivity index (χ1v) is 5.61. The minimum Gasteiger partial charge on any atom is -0.459 e. The highest BCUT2D eigenvalue weighted by atomic mass is 16.3. The van der Waals surface area contributed by atoms with Crippen LogP contribution in [0.1, 0.15) is 25.2 Å². The molecule has 2 rings (SSSR count). The molecule has 1 aromatic carbocycles. The third kappa shape index (κ3) is 2.24. The van der Waals surface area contributed by atoms with Crippen molar-refractivity contribution in [3.8, 4) is 17.4 Å². The summed E-state index contributed by atoms with van der Waals surface area (Å²) in [4.78, 5) is 0. The zero-order chi connectivity index (χ0) is 12.5. The monoisotopic (exact) mass is 225 g/mol. The van der Waals surface area contributed by atoms with Crippen LogP contribution in [-0.2, 0) is 5.41 Å². The summed E-state index contributed by atoms with van der Waals surface area (Å²) in [5.74, 6) is 1.51. The predicted molar refractivity (Wildman–Crippen MR) is 67.5 cm³/mol. The molecule has 0 aliphatic rings. The number of benzene rings is 1. The van der Waals surface area contributed by atoms with Crippen LogP contribution in [0.2, 0.25) is 0 Å². The van der Waals surface area contributed by atoms with Crippen molar-refractivity contribution in [2.75, 3.05) is 0 Å². The summed E-state index contributed by atoms with van der Waals surface area (Å²) >= 11 is 0. The van der Waals surface area contributed by atoms with Gasteiger partial charge in [0.05, 0.1) is 6.07 Å². The summed E-state index contributed by atoms with van der Waals surface area (Å²) in [6, 6.07) is 14.2. The summed E-state index contributed by atoms with van der Waals surface area (Å²) in [6.07, 6.45) is 0. The average molecular weight is 225 g/mol. The molecule has 0 bridgehead atoms. The molecule has 2 nitrogen and oxygen atoms in total. The number of hydrogen-bond acceptors (Lipinski definition) is 2. The SMILES string of the molecule is Cc1ccc(-c2ccc(C(C)(C)C#N)o2)cc1. The smallest absolute Gasteiger partial charge is 0.134 e. The first-order chi connectivity index (χ1) is 8.03. The van der Waals surface area contributed by atoms with Crippen molar-refractivity contribution < 1.29 is 4.42 Å². The first-order valence-electron chi connectivity index (χ1n) is 5.61. The molecule has 0 N–H and O–H groups in total. The zero-order valence-electron chi connectivity index (χ0n) is 10.3. The number of aryl methyl sites for hydroxylation is 1. The molecular weight excluding hydrogens is 210 g/mol. The molecule has 0 aliphatic carbocycles. The van der Waals surface area contributed by atoms with E-state index in [4.69, 9.17) is 9.68 Å². The zero-order valence-corrected chi connectivity index (χ0v) is 10.3. The summed E-state index contributed by atoms with van der Waals surface area (Å²) in [5, 5.41) is 9.05. The highest BCUT2D eigenvalue weighted by Gasteiger charge is 2.24. The molecule has 0 radical (unpaired) electrons. The Morgan fingerprint density at radius 1 is 1.06 bits per heavy atom. The molecule has 0 spiro atoms. The van der Waals surface area contributed by atoms with Gasteiger partial charge in [0.25, 0.3) is 0 Å². The molecule has 17 heavy (non-hydrogen) atoms. The molecule has 1 heterocycles. The molecule has 0 unspecified atom stereocenters. The minimum absolute atomic E-state index is 0.580. The molecule has 0 aliphatic heterocycles. The second-order valence-electron chi connectivity index (χ2n) is 4.77. The van der Waals surface area contributed by atoms with Crippen molar-refractivity contribution in [1.82, 2.24) is 0 Å². The van der Waals surface area contributed by atoms with E-state index in [-0.39, 0.29) is 0 Å². The van der Waals surface area contributed by atoms with Gasteiger partial charge in [-0.05, 0) is 32.9 Å². The second-order valence-corrected chi connectivity index (χ2v) is 4.77. The summed E-state index contributed by atoms with van der Waals surface area (Å²) < 4.78 is 5.74. The molecule has 2 aromatic rings. The normalized spacial score (nSPS) is 11.2. The van der Waals surface area contributed by atoms with Crippen LogP contribution < -0.4 is 0 Å². The average Bonchev–Trinajstić information content (AvgIpc) is 2.80. The Kier molecular flexibility index (Phi) is 2.77. The Bertz CT molecular complexity index is 555. The Morgan fingerprint density at radius 2 is 1.71 bits per heavy atom. The molecule has 0 saturated carbocycles.